The number of carbonyl (C=O) groups is 1. The van der Waals surface area contributed by atoms with Crippen LogP contribution in [0.4, 0.5) is 10.5 Å². The van der Waals surface area contributed by atoms with Crippen molar-refractivity contribution in [2.24, 2.45) is 11.8 Å². The molecule has 0 spiro atoms. The molecule has 1 aliphatic heterocycles. The van der Waals surface area contributed by atoms with E-state index in [2.05, 4.69) is 18.2 Å². The van der Waals surface area contributed by atoms with Gasteiger partial charge < -0.3 is 9.47 Å². The first-order chi connectivity index (χ1) is 10.9. The number of hydrogen-bond acceptors (Lipinski definition) is 3. The minimum atomic E-state index is -0.498. The number of allylic oxidation sites excluding steroid dienone is 1. The van der Waals surface area contributed by atoms with E-state index < -0.39 is 5.60 Å². The molecule has 0 aromatic heterocycles. The van der Waals surface area contributed by atoms with Gasteiger partial charge in [0.15, 0.2) is 0 Å². The van der Waals surface area contributed by atoms with E-state index in [1.165, 1.54) is 5.56 Å². The summed E-state index contributed by atoms with van der Waals surface area (Å²) in [5.74, 6) is 2.12. The van der Waals surface area contributed by atoms with Crippen LogP contribution in [0.1, 0.15) is 38.7 Å². The molecule has 1 saturated carbocycles. The molecular weight excluding hydrogens is 290 g/mol. The Morgan fingerprint density at radius 1 is 1.22 bits per heavy atom. The minimum absolute atomic E-state index is 0.182. The fourth-order valence-electron chi connectivity index (χ4n) is 4.40. The van der Waals surface area contributed by atoms with Gasteiger partial charge in [-0.3, -0.25) is 4.90 Å². The quantitative estimate of drug-likeness (QED) is 0.732. The van der Waals surface area contributed by atoms with Crippen molar-refractivity contribution in [2.45, 2.75) is 44.8 Å². The van der Waals surface area contributed by atoms with Crippen LogP contribution in [0.15, 0.2) is 30.4 Å². The van der Waals surface area contributed by atoms with Gasteiger partial charge in [0.05, 0.1) is 18.8 Å². The highest BCUT2D eigenvalue weighted by Gasteiger charge is 2.55. The van der Waals surface area contributed by atoms with Gasteiger partial charge >= 0.3 is 6.09 Å². The first-order valence-electron chi connectivity index (χ1n) is 8.27. The molecule has 4 atom stereocenters. The van der Waals surface area contributed by atoms with Gasteiger partial charge in [-0.1, -0.05) is 18.2 Å². The Labute approximate surface area is 137 Å². The molecule has 4 heteroatoms. The van der Waals surface area contributed by atoms with Crippen molar-refractivity contribution in [3.63, 3.8) is 0 Å². The molecule has 2 aliphatic carbocycles. The van der Waals surface area contributed by atoms with E-state index in [4.69, 9.17) is 9.47 Å². The minimum Gasteiger partial charge on any atom is -0.497 e. The Hall–Kier alpha value is -1.97. The predicted molar refractivity (Wildman–Crippen MR) is 89.0 cm³/mol. The predicted octanol–water partition coefficient (Wildman–Crippen LogP) is 4.11. The molecule has 122 valence electrons. The molecule has 4 rings (SSSR count). The lowest BCUT2D eigenvalue weighted by molar-refractivity contribution is 0.0563. The fourth-order valence-corrected chi connectivity index (χ4v) is 4.40. The molecule has 0 saturated heterocycles. The third-order valence-electron chi connectivity index (χ3n) is 5.16. The zero-order valence-electron chi connectivity index (χ0n) is 14.1. The van der Waals surface area contributed by atoms with E-state index in [0.29, 0.717) is 17.8 Å². The van der Waals surface area contributed by atoms with E-state index >= 15 is 0 Å². The summed E-state index contributed by atoms with van der Waals surface area (Å²) in [5.41, 5.74) is 1.70. The Morgan fingerprint density at radius 3 is 2.65 bits per heavy atom. The number of hydrogen-bond donors (Lipinski definition) is 0. The van der Waals surface area contributed by atoms with Gasteiger partial charge in [-0.05, 0) is 50.7 Å². The molecule has 1 fully saturated rings. The Bertz CT molecular complexity index is 688. The van der Waals surface area contributed by atoms with E-state index in [1.807, 2.05) is 37.8 Å². The largest absolute Gasteiger partial charge is 0.497 e. The zero-order valence-corrected chi connectivity index (χ0v) is 14.1. The molecule has 0 N–H and O–H groups in total. The molecule has 2 bridgehead atoms. The lowest BCUT2D eigenvalue weighted by Gasteiger charge is -2.32. The third-order valence-corrected chi connectivity index (χ3v) is 5.16. The molecule has 1 heterocycles. The van der Waals surface area contributed by atoms with Gasteiger partial charge in [0, 0.05) is 12.0 Å². The van der Waals surface area contributed by atoms with Crippen LogP contribution >= 0.6 is 0 Å². The summed E-state index contributed by atoms with van der Waals surface area (Å²) < 4.78 is 11.1. The maximum absolute atomic E-state index is 12.9. The van der Waals surface area contributed by atoms with Gasteiger partial charge in [0.1, 0.15) is 11.4 Å². The standard InChI is InChI=1S/C19H23NO3/c1-19(2,3)23-18(21)20-15-10-13(22-4)7-8-14(15)16-11-5-6-12(9-11)17(16)20/h5-8,10-12,16-17H,9H2,1-4H3. The van der Waals surface area contributed by atoms with E-state index in [-0.39, 0.29) is 12.1 Å². The normalized spacial score (nSPS) is 30.3. The summed E-state index contributed by atoms with van der Waals surface area (Å²) >= 11 is 0. The number of amides is 1. The maximum atomic E-state index is 12.9. The number of rotatable bonds is 1. The smallest absolute Gasteiger partial charge is 0.415 e. The van der Waals surface area contributed by atoms with Crippen molar-refractivity contribution < 1.29 is 14.3 Å². The number of nitrogens with zero attached hydrogens (tertiary/aromatic N) is 1. The van der Waals surface area contributed by atoms with Crippen LogP contribution in [0.25, 0.3) is 0 Å². The zero-order chi connectivity index (χ0) is 16.4. The highest BCUT2D eigenvalue weighted by molar-refractivity contribution is 5.93. The molecule has 4 nitrogen and oxygen atoms in total. The first kappa shape index (κ1) is 14.6. The maximum Gasteiger partial charge on any atom is 0.415 e. The van der Waals surface area contributed by atoms with Gasteiger partial charge in [0.2, 0.25) is 0 Å². The van der Waals surface area contributed by atoms with Crippen LogP contribution in [0.2, 0.25) is 0 Å². The highest BCUT2D eigenvalue weighted by Crippen LogP contribution is 2.58. The fraction of sp³-hybridized carbons (Fsp3) is 0.526. The van der Waals surface area contributed by atoms with Crippen LogP contribution in [-0.4, -0.2) is 24.8 Å². The van der Waals surface area contributed by atoms with Crippen LogP contribution in [0.3, 0.4) is 0 Å². The van der Waals surface area contributed by atoms with Crippen molar-refractivity contribution in [3.05, 3.63) is 35.9 Å². The number of benzene rings is 1. The molecular formula is C19H23NO3. The Balaban J connectivity index is 1.78. The van der Waals surface area contributed by atoms with Crippen molar-refractivity contribution in [3.8, 4) is 5.75 Å². The second-order valence-corrected chi connectivity index (χ2v) is 7.74. The van der Waals surface area contributed by atoms with Crippen LogP contribution < -0.4 is 9.64 Å². The molecule has 1 amide bonds. The van der Waals surface area contributed by atoms with Crippen LogP contribution in [-0.2, 0) is 4.74 Å². The summed E-state index contributed by atoms with van der Waals surface area (Å²) in [6.45, 7) is 5.73. The summed E-state index contributed by atoms with van der Waals surface area (Å²) in [6.07, 6.45) is 5.48. The Kier molecular flexibility index (Phi) is 3.03. The highest BCUT2D eigenvalue weighted by atomic mass is 16.6. The molecule has 23 heavy (non-hydrogen) atoms. The average molecular weight is 313 g/mol. The number of anilines is 1. The molecule has 1 aromatic carbocycles. The second-order valence-electron chi connectivity index (χ2n) is 7.74. The van der Waals surface area contributed by atoms with Gasteiger partial charge in [0.25, 0.3) is 0 Å². The summed E-state index contributed by atoms with van der Waals surface area (Å²) in [4.78, 5) is 14.8. The number of fused-ring (bicyclic) bond motifs is 7. The molecule has 0 radical (unpaired) electrons. The summed E-state index contributed by atoms with van der Waals surface area (Å²) in [6, 6.07) is 6.26. The van der Waals surface area contributed by atoms with Crippen molar-refractivity contribution in [1.29, 1.82) is 0 Å². The van der Waals surface area contributed by atoms with Crippen molar-refractivity contribution in [1.82, 2.24) is 0 Å². The van der Waals surface area contributed by atoms with Crippen LogP contribution in [0.5, 0.6) is 5.75 Å². The summed E-state index contributed by atoms with van der Waals surface area (Å²) in [7, 11) is 1.65. The number of ether oxygens (including phenoxy) is 2. The molecule has 3 aliphatic rings. The number of carbonyl (C=O) groups excluding carboxylic acids is 1. The van der Waals surface area contributed by atoms with Gasteiger partial charge in [-0.25, -0.2) is 4.79 Å². The molecule has 4 unspecified atom stereocenters. The molecule has 1 aromatic rings. The van der Waals surface area contributed by atoms with E-state index in [0.717, 1.165) is 17.9 Å². The Morgan fingerprint density at radius 2 is 1.96 bits per heavy atom. The van der Waals surface area contributed by atoms with Crippen molar-refractivity contribution in [2.75, 3.05) is 12.0 Å². The topological polar surface area (TPSA) is 38.8 Å². The third kappa shape index (κ3) is 2.15. The van der Waals surface area contributed by atoms with Crippen molar-refractivity contribution >= 4 is 11.8 Å². The first-order valence-corrected chi connectivity index (χ1v) is 8.27. The van der Waals surface area contributed by atoms with Gasteiger partial charge in [-0.15, -0.1) is 0 Å². The van der Waals surface area contributed by atoms with E-state index in [9.17, 15) is 4.79 Å². The number of methoxy groups -OCH3 is 1. The average Bonchev–Trinajstić information content (AvgIpc) is 3.14. The SMILES string of the molecule is COc1ccc2c(c1)N(C(=O)OC(C)(C)C)C1C3C=CC(C3)C21. The lowest BCUT2D eigenvalue weighted by atomic mass is 9.86. The second kappa shape index (κ2) is 4.76. The monoisotopic (exact) mass is 313 g/mol. The summed E-state index contributed by atoms with van der Waals surface area (Å²) in [5, 5.41) is 0. The van der Waals surface area contributed by atoms with Gasteiger partial charge in [-0.2, -0.15) is 0 Å². The van der Waals surface area contributed by atoms with E-state index in [1.54, 1.807) is 7.11 Å². The lowest BCUT2D eigenvalue weighted by Crippen LogP contribution is -2.44. The van der Waals surface area contributed by atoms with Crippen LogP contribution in [0, 0.1) is 11.8 Å².